The molecule has 4 heteroatoms. The molecule has 27 heavy (non-hydrogen) atoms. The molecule has 0 atom stereocenters. The third-order valence-electron chi connectivity index (χ3n) is 4.05. The maximum absolute atomic E-state index is 11.5. The van der Waals surface area contributed by atoms with E-state index in [0.717, 1.165) is 16.9 Å². The standard InChI is InChI=1S/C23H20O4/c1-26-23(25)20-14-12-18(21(24)15-20)11-13-19-9-5-6-10-22(19)27-16-17-7-3-2-4-8-17/h2-15,24H,16H2,1H3/b13-11+. The highest BCUT2D eigenvalue weighted by Gasteiger charge is 2.08. The molecule has 3 rings (SSSR count). The van der Waals surface area contributed by atoms with Crippen molar-refractivity contribution in [3.63, 3.8) is 0 Å². The van der Waals surface area contributed by atoms with Crippen LogP contribution in [0.4, 0.5) is 0 Å². The monoisotopic (exact) mass is 360 g/mol. The van der Waals surface area contributed by atoms with Crippen LogP contribution in [0.15, 0.2) is 72.8 Å². The van der Waals surface area contributed by atoms with E-state index in [4.69, 9.17) is 4.74 Å². The summed E-state index contributed by atoms with van der Waals surface area (Å²) in [6.07, 6.45) is 3.65. The number of methoxy groups -OCH3 is 1. The molecule has 0 bridgehead atoms. The van der Waals surface area contributed by atoms with Gasteiger partial charge < -0.3 is 14.6 Å². The van der Waals surface area contributed by atoms with Gasteiger partial charge in [0.2, 0.25) is 0 Å². The number of carbonyl (C=O) groups excluding carboxylic acids is 1. The molecule has 3 aromatic rings. The van der Waals surface area contributed by atoms with Gasteiger partial charge in [0, 0.05) is 11.1 Å². The fourth-order valence-electron chi connectivity index (χ4n) is 2.59. The Morgan fingerprint density at radius 1 is 0.926 bits per heavy atom. The molecule has 1 N–H and O–H groups in total. The minimum Gasteiger partial charge on any atom is -0.507 e. The third kappa shape index (κ3) is 4.76. The van der Waals surface area contributed by atoms with Crippen molar-refractivity contribution in [3.8, 4) is 11.5 Å². The van der Waals surface area contributed by atoms with Gasteiger partial charge in [-0.1, -0.05) is 66.7 Å². The first-order valence-corrected chi connectivity index (χ1v) is 8.52. The van der Waals surface area contributed by atoms with E-state index in [1.54, 1.807) is 18.2 Å². The van der Waals surface area contributed by atoms with Gasteiger partial charge in [-0.05, 0) is 23.8 Å². The van der Waals surface area contributed by atoms with Gasteiger partial charge in [-0.2, -0.15) is 0 Å². The molecule has 0 heterocycles. The Kier molecular flexibility index (Phi) is 5.90. The smallest absolute Gasteiger partial charge is 0.337 e. The molecule has 0 aliphatic heterocycles. The topological polar surface area (TPSA) is 55.8 Å². The van der Waals surface area contributed by atoms with Gasteiger partial charge in [0.25, 0.3) is 0 Å². The fraction of sp³-hybridized carbons (Fsp3) is 0.0870. The van der Waals surface area contributed by atoms with Crippen LogP contribution >= 0.6 is 0 Å². The van der Waals surface area contributed by atoms with Crippen molar-refractivity contribution < 1.29 is 19.4 Å². The number of phenolic OH excluding ortho intramolecular Hbond substituents is 1. The summed E-state index contributed by atoms with van der Waals surface area (Å²) < 4.78 is 10.6. The Balaban J connectivity index is 1.76. The van der Waals surface area contributed by atoms with Crippen LogP contribution < -0.4 is 4.74 Å². The van der Waals surface area contributed by atoms with Crippen molar-refractivity contribution in [2.45, 2.75) is 6.61 Å². The summed E-state index contributed by atoms with van der Waals surface area (Å²) >= 11 is 0. The summed E-state index contributed by atoms with van der Waals surface area (Å²) in [4.78, 5) is 11.5. The van der Waals surface area contributed by atoms with Crippen molar-refractivity contribution in [2.75, 3.05) is 7.11 Å². The highest BCUT2D eigenvalue weighted by atomic mass is 16.5. The maximum Gasteiger partial charge on any atom is 0.337 e. The van der Waals surface area contributed by atoms with E-state index >= 15 is 0 Å². The lowest BCUT2D eigenvalue weighted by Gasteiger charge is -2.09. The van der Waals surface area contributed by atoms with Crippen LogP contribution in [0.5, 0.6) is 11.5 Å². The molecule has 3 aromatic carbocycles. The van der Waals surface area contributed by atoms with Crippen LogP contribution in [-0.4, -0.2) is 18.2 Å². The molecule has 0 saturated heterocycles. The molecule has 0 fully saturated rings. The Hall–Kier alpha value is -3.53. The Labute approximate surface area is 158 Å². The number of hydrogen-bond acceptors (Lipinski definition) is 4. The lowest BCUT2D eigenvalue weighted by molar-refractivity contribution is 0.0600. The van der Waals surface area contributed by atoms with Crippen molar-refractivity contribution in [1.82, 2.24) is 0 Å². The quantitative estimate of drug-likeness (QED) is 0.500. The van der Waals surface area contributed by atoms with Crippen LogP contribution in [0.1, 0.15) is 27.0 Å². The first-order valence-electron chi connectivity index (χ1n) is 8.52. The van der Waals surface area contributed by atoms with Crippen molar-refractivity contribution in [3.05, 3.63) is 95.1 Å². The van der Waals surface area contributed by atoms with E-state index in [1.807, 2.05) is 60.7 Å². The molecule has 0 aromatic heterocycles. The average molecular weight is 360 g/mol. The van der Waals surface area contributed by atoms with E-state index < -0.39 is 5.97 Å². The summed E-state index contributed by atoms with van der Waals surface area (Å²) in [7, 11) is 1.31. The molecule has 4 nitrogen and oxygen atoms in total. The van der Waals surface area contributed by atoms with Gasteiger partial charge in [-0.3, -0.25) is 0 Å². The third-order valence-corrected chi connectivity index (χ3v) is 4.05. The summed E-state index contributed by atoms with van der Waals surface area (Å²) in [5.41, 5.74) is 2.89. The molecule has 0 amide bonds. The summed E-state index contributed by atoms with van der Waals surface area (Å²) in [6.45, 7) is 0.477. The highest BCUT2D eigenvalue weighted by molar-refractivity contribution is 5.90. The summed E-state index contributed by atoms with van der Waals surface area (Å²) in [6, 6.07) is 22.3. The molecule has 136 valence electrons. The van der Waals surface area contributed by atoms with Crippen LogP contribution in [0.3, 0.4) is 0 Å². The van der Waals surface area contributed by atoms with Crippen molar-refractivity contribution in [1.29, 1.82) is 0 Å². The zero-order valence-corrected chi connectivity index (χ0v) is 15.0. The number of ether oxygens (including phenoxy) is 2. The Morgan fingerprint density at radius 2 is 1.63 bits per heavy atom. The van der Waals surface area contributed by atoms with E-state index in [1.165, 1.54) is 13.2 Å². The molecular weight excluding hydrogens is 340 g/mol. The molecule has 0 aliphatic rings. The first kappa shape index (κ1) is 18.3. The SMILES string of the molecule is COC(=O)c1ccc(/C=C/c2ccccc2OCc2ccccc2)c(O)c1. The number of hydrogen-bond donors (Lipinski definition) is 1. The van der Waals surface area contributed by atoms with E-state index in [0.29, 0.717) is 17.7 Å². The lowest BCUT2D eigenvalue weighted by Crippen LogP contribution is -2.00. The number of rotatable bonds is 6. The largest absolute Gasteiger partial charge is 0.507 e. The second-order valence-corrected chi connectivity index (χ2v) is 5.91. The maximum atomic E-state index is 11.5. The van der Waals surface area contributed by atoms with Crippen molar-refractivity contribution >= 4 is 18.1 Å². The molecular formula is C23H20O4. The van der Waals surface area contributed by atoms with Crippen LogP contribution in [0, 0.1) is 0 Å². The molecule has 0 radical (unpaired) electrons. The fourth-order valence-corrected chi connectivity index (χ4v) is 2.59. The number of para-hydroxylation sites is 1. The molecule has 0 unspecified atom stereocenters. The van der Waals surface area contributed by atoms with Gasteiger partial charge in [-0.15, -0.1) is 0 Å². The van der Waals surface area contributed by atoms with E-state index in [2.05, 4.69) is 4.74 Å². The Morgan fingerprint density at radius 3 is 2.37 bits per heavy atom. The minimum absolute atomic E-state index is 0.0110. The lowest BCUT2D eigenvalue weighted by atomic mass is 10.1. The van der Waals surface area contributed by atoms with Crippen LogP contribution in [0.2, 0.25) is 0 Å². The van der Waals surface area contributed by atoms with E-state index in [-0.39, 0.29) is 5.75 Å². The number of benzene rings is 3. The summed E-state index contributed by atoms with van der Waals surface area (Å²) in [5, 5.41) is 10.1. The first-order chi connectivity index (χ1) is 13.2. The van der Waals surface area contributed by atoms with Gasteiger partial charge in [-0.25, -0.2) is 4.79 Å². The number of aromatic hydroxyl groups is 1. The Bertz CT molecular complexity index is 946. The highest BCUT2D eigenvalue weighted by Crippen LogP contribution is 2.25. The normalized spacial score (nSPS) is 10.7. The van der Waals surface area contributed by atoms with Gasteiger partial charge in [0.1, 0.15) is 18.1 Å². The second-order valence-electron chi connectivity index (χ2n) is 5.91. The number of esters is 1. The number of carbonyl (C=O) groups is 1. The molecule has 0 spiro atoms. The van der Waals surface area contributed by atoms with Gasteiger partial charge in [0.05, 0.1) is 12.7 Å². The summed E-state index contributed by atoms with van der Waals surface area (Å²) in [5.74, 6) is 0.278. The van der Waals surface area contributed by atoms with Gasteiger partial charge in [0.15, 0.2) is 0 Å². The van der Waals surface area contributed by atoms with E-state index in [9.17, 15) is 9.90 Å². The van der Waals surface area contributed by atoms with Crippen LogP contribution in [0.25, 0.3) is 12.2 Å². The number of phenols is 1. The zero-order chi connectivity index (χ0) is 19.1. The van der Waals surface area contributed by atoms with Crippen LogP contribution in [-0.2, 0) is 11.3 Å². The van der Waals surface area contributed by atoms with Gasteiger partial charge >= 0.3 is 5.97 Å². The minimum atomic E-state index is -0.486. The average Bonchev–Trinajstić information content (AvgIpc) is 2.72. The zero-order valence-electron chi connectivity index (χ0n) is 15.0. The molecule has 0 saturated carbocycles. The molecule has 0 aliphatic carbocycles. The second kappa shape index (κ2) is 8.72. The predicted molar refractivity (Wildman–Crippen MR) is 106 cm³/mol. The predicted octanol–water partition coefficient (Wildman–Crippen LogP) is 4.93. The van der Waals surface area contributed by atoms with Crippen molar-refractivity contribution in [2.24, 2.45) is 0 Å².